The first-order valence-electron chi connectivity index (χ1n) is 7.18. The largest absolute Gasteiger partial charge is 0.573 e. The SMILES string of the molecule is COC(=O)NCCCC(=O)N[C@H](C)c1ccc(OC(F)(F)F)cc1. The highest BCUT2D eigenvalue weighted by molar-refractivity contribution is 5.76. The highest BCUT2D eigenvalue weighted by Gasteiger charge is 2.31. The lowest BCUT2D eigenvalue weighted by molar-refractivity contribution is -0.274. The number of hydrogen-bond donors (Lipinski definition) is 2. The number of ether oxygens (including phenoxy) is 2. The van der Waals surface area contributed by atoms with Crippen LogP contribution in [-0.2, 0) is 9.53 Å². The molecular weight excluding hydrogens is 329 g/mol. The van der Waals surface area contributed by atoms with Gasteiger partial charge < -0.3 is 20.1 Å². The van der Waals surface area contributed by atoms with Crippen LogP contribution in [0, 0.1) is 0 Å². The maximum atomic E-state index is 12.1. The van der Waals surface area contributed by atoms with Crippen LogP contribution in [0.1, 0.15) is 31.4 Å². The van der Waals surface area contributed by atoms with Crippen molar-refractivity contribution in [3.05, 3.63) is 29.8 Å². The average molecular weight is 348 g/mol. The van der Waals surface area contributed by atoms with Crippen molar-refractivity contribution in [1.82, 2.24) is 10.6 Å². The molecule has 2 N–H and O–H groups in total. The Morgan fingerprint density at radius 1 is 1.21 bits per heavy atom. The Bertz CT molecular complexity index is 547. The zero-order chi connectivity index (χ0) is 18.2. The maximum Gasteiger partial charge on any atom is 0.573 e. The van der Waals surface area contributed by atoms with Gasteiger partial charge in [0.2, 0.25) is 5.91 Å². The third-order valence-corrected chi connectivity index (χ3v) is 3.03. The lowest BCUT2D eigenvalue weighted by atomic mass is 10.1. The molecule has 0 saturated carbocycles. The number of methoxy groups -OCH3 is 1. The molecule has 0 fully saturated rings. The molecule has 2 amide bonds. The smallest absolute Gasteiger partial charge is 0.453 e. The molecule has 134 valence electrons. The highest BCUT2D eigenvalue weighted by atomic mass is 19.4. The fourth-order valence-corrected chi connectivity index (χ4v) is 1.87. The van der Waals surface area contributed by atoms with Gasteiger partial charge >= 0.3 is 12.5 Å². The van der Waals surface area contributed by atoms with E-state index >= 15 is 0 Å². The zero-order valence-corrected chi connectivity index (χ0v) is 13.3. The van der Waals surface area contributed by atoms with Gasteiger partial charge in [0.05, 0.1) is 13.2 Å². The van der Waals surface area contributed by atoms with E-state index in [0.29, 0.717) is 18.5 Å². The number of amides is 2. The van der Waals surface area contributed by atoms with Crippen LogP contribution in [0.5, 0.6) is 5.75 Å². The first-order valence-corrected chi connectivity index (χ1v) is 7.18. The number of benzene rings is 1. The van der Waals surface area contributed by atoms with Crippen molar-refractivity contribution in [1.29, 1.82) is 0 Å². The second-order valence-corrected chi connectivity index (χ2v) is 4.93. The van der Waals surface area contributed by atoms with Gasteiger partial charge in [0.15, 0.2) is 0 Å². The lowest BCUT2D eigenvalue weighted by Gasteiger charge is -2.15. The van der Waals surface area contributed by atoms with E-state index in [0.717, 1.165) is 0 Å². The number of nitrogens with one attached hydrogen (secondary N) is 2. The molecule has 6 nitrogen and oxygen atoms in total. The minimum Gasteiger partial charge on any atom is -0.453 e. The number of alkyl halides is 3. The van der Waals surface area contributed by atoms with E-state index in [9.17, 15) is 22.8 Å². The number of carbonyl (C=O) groups is 2. The van der Waals surface area contributed by atoms with E-state index in [-0.39, 0.29) is 24.1 Å². The van der Waals surface area contributed by atoms with Crippen LogP contribution in [0.2, 0.25) is 0 Å². The van der Waals surface area contributed by atoms with Crippen molar-refractivity contribution in [2.45, 2.75) is 32.2 Å². The van der Waals surface area contributed by atoms with Gasteiger partial charge in [-0.2, -0.15) is 0 Å². The lowest BCUT2D eigenvalue weighted by Crippen LogP contribution is -2.29. The summed E-state index contributed by atoms with van der Waals surface area (Å²) in [6, 6.07) is 4.90. The van der Waals surface area contributed by atoms with E-state index in [2.05, 4.69) is 20.1 Å². The summed E-state index contributed by atoms with van der Waals surface area (Å²) in [6.45, 7) is 2.02. The van der Waals surface area contributed by atoms with Crippen molar-refractivity contribution in [2.24, 2.45) is 0 Å². The van der Waals surface area contributed by atoms with Crippen molar-refractivity contribution in [3.63, 3.8) is 0 Å². The van der Waals surface area contributed by atoms with Crippen LogP contribution in [0.15, 0.2) is 24.3 Å². The average Bonchev–Trinajstić information content (AvgIpc) is 2.50. The summed E-state index contributed by atoms with van der Waals surface area (Å²) in [5.41, 5.74) is 0.644. The fourth-order valence-electron chi connectivity index (χ4n) is 1.87. The molecule has 1 aromatic rings. The Kier molecular flexibility index (Phi) is 7.34. The van der Waals surface area contributed by atoms with Crippen LogP contribution in [0.25, 0.3) is 0 Å². The Morgan fingerprint density at radius 3 is 2.38 bits per heavy atom. The fraction of sp³-hybridized carbons (Fsp3) is 0.467. The number of carbonyl (C=O) groups excluding carboxylic acids is 2. The molecule has 0 unspecified atom stereocenters. The van der Waals surface area contributed by atoms with Gasteiger partial charge in [-0.05, 0) is 31.0 Å². The zero-order valence-electron chi connectivity index (χ0n) is 13.3. The van der Waals surface area contributed by atoms with Crippen LogP contribution >= 0.6 is 0 Å². The molecule has 0 radical (unpaired) electrons. The monoisotopic (exact) mass is 348 g/mol. The Hall–Kier alpha value is -2.45. The van der Waals surface area contributed by atoms with E-state index < -0.39 is 12.5 Å². The molecule has 24 heavy (non-hydrogen) atoms. The Balaban J connectivity index is 2.40. The van der Waals surface area contributed by atoms with E-state index in [4.69, 9.17) is 0 Å². The Labute approximate surface area is 137 Å². The van der Waals surface area contributed by atoms with Gasteiger partial charge in [0.25, 0.3) is 0 Å². The second-order valence-electron chi connectivity index (χ2n) is 4.93. The molecular formula is C15H19F3N2O4. The van der Waals surface area contributed by atoms with E-state index in [1.54, 1.807) is 6.92 Å². The van der Waals surface area contributed by atoms with Gasteiger partial charge in [-0.25, -0.2) is 4.79 Å². The number of halogens is 3. The molecule has 1 rings (SSSR count). The number of rotatable bonds is 7. The highest BCUT2D eigenvalue weighted by Crippen LogP contribution is 2.24. The molecule has 0 aliphatic carbocycles. The van der Waals surface area contributed by atoms with Crippen LogP contribution < -0.4 is 15.4 Å². The van der Waals surface area contributed by atoms with Gasteiger partial charge in [-0.15, -0.1) is 13.2 Å². The number of hydrogen-bond acceptors (Lipinski definition) is 4. The topological polar surface area (TPSA) is 76.7 Å². The van der Waals surface area contributed by atoms with E-state index in [1.807, 2.05) is 0 Å². The predicted octanol–water partition coefficient (Wildman–Crippen LogP) is 2.90. The summed E-state index contributed by atoms with van der Waals surface area (Å²) in [7, 11) is 1.24. The molecule has 0 saturated heterocycles. The minimum atomic E-state index is -4.74. The number of alkyl carbamates (subject to hydrolysis) is 1. The van der Waals surface area contributed by atoms with Crippen molar-refractivity contribution < 1.29 is 32.2 Å². The minimum absolute atomic E-state index is 0.198. The molecule has 9 heteroatoms. The van der Waals surface area contributed by atoms with Gasteiger partial charge in [-0.1, -0.05) is 12.1 Å². The first-order chi connectivity index (χ1) is 11.2. The van der Waals surface area contributed by atoms with Gasteiger partial charge in [0, 0.05) is 13.0 Å². The molecule has 0 spiro atoms. The first kappa shape index (κ1) is 19.6. The summed E-state index contributed by atoms with van der Waals surface area (Å²) >= 11 is 0. The summed E-state index contributed by atoms with van der Waals surface area (Å²) in [4.78, 5) is 22.6. The summed E-state index contributed by atoms with van der Waals surface area (Å²) in [5.74, 6) is -0.552. The molecule has 1 aromatic carbocycles. The van der Waals surface area contributed by atoms with Crippen molar-refractivity contribution >= 4 is 12.0 Å². The molecule has 0 heterocycles. The molecule has 0 aromatic heterocycles. The summed E-state index contributed by atoms with van der Waals surface area (Å²) < 4.78 is 44.4. The quantitative estimate of drug-likeness (QED) is 0.743. The molecule has 1 atom stereocenters. The summed E-state index contributed by atoms with van der Waals surface area (Å²) in [5, 5.41) is 5.17. The van der Waals surface area contributed by atoms with Crippen LogP contribution in [0.4, 0.5) is 18.0 Å². The maximum absolute atomic E-state index is 12.1. The van der Waals surface area contributed by atoms with Crippen molar-refractivity contribution in [3.8, 4) is 5.75 Å². The third-order valence-electron chi connectivity index (χ3n) is 3.03. The van der Waals surface area contributed by atoms with Crippen LogP contribution in [0.3, 0.4) is 0 Å². The Morgan fingerprint density at radius 2 is 1.83 bits per heavy atom. The van der Waals surface area contributed by atoms with Gasteiger partial charge in [0.1, 0.15) is 5.75 Å². The normalized spacial score (nSPS) is 12.2. The third kappa shape index (κ3) is 7.70. The molecule has 0 bridgehead atoms. The standard InChI is InChI=1S/C15H19F3N2O4/c1-10(20-13(21)4-3-9-19-14(22)23-2)11-5-7-12(8-6-11)24-15(16,17)18/h5-8,10H,3-4,9H2,1-2H3,(H,19,22)(H,20,21)/t10-/m1/s1. The van der Waals surface area contributed by atoms with E-state index in [1.165, 1.54) is 31.4 Å². The summed E-state index contributed by atoms with van der Waals surface area (Å²) in [6.07, 6.45) is -4.67. The predicted molar refractivity (Wildman–Crippen MR) is 79.3 cm³/mol. The molecule has 0 aliphatic rings. The van der Waals surface area contributed by atoms with Gasteiger partial charge in [-0.3, -0.25) is 4.79 Å². The molecule has 0 aliphatic heterocycles. The van der Waals surface area contributed by atoms with Crippen LogP contribution in [-0.4, -0.2) is 32.0 Å². The van der Waals surface area contributed by atoms with Crippen molar-refractivity contribution in [2.75, 3.05) is 13.7 Å². The second kappa shape index (κ2) is 8.99.